The van der Waals surface area contributed by atoms with Crippen LogP contribution in [0.2, 0.25) is 0 Å². The SMILES string of the molecule is CCC(NC)c1cccc(S(=O)(=O)N2CC(C)CC2C)c1. The fourth-order valence-electron chi connectivity index (χ4n) is 3.23. The first-order valence-electron chi connectivity index (χ1n) is 7.69. The molecule has 0 saturated carbocycles. The zero-order valence-corrected chi connectivity index (χ0v) is 14.2. The minimum absolute atomic E-state index is 0.0833. The van der Waals surface area contributed by atoms with Crippen LogP contribution < -0.4 is 5.32 Å². The van der Waals surface area contributed by atoms with E-state index < -0.39 is 10.0 Å². The smallest absolute Gasteiger partial charge is 0.243 e. The topological polar surface area (TPSA) is 49.4 Å². The van der Waals surface area contributed by atoms with Crippen LogP contribution in [0.25, 0.3) is 0 Å². The predicted molar refractivity (Wildman–Crippen MR) is 85.7 cm³/mol. The van der Waals surface area contributed by atoms with E-state index in [1.807, 2.05) is 32.2 Å². The van der Waals surface area contributed by atoms with Gasteiger partial charge in [0.1, 0.15) is 0 Å². The van der Waals surface area contributed by atoms with Gasteiger partial charge >= 0.3 is 0 Å². The molecule has 5 heteroatoms. The van der Waals surface area contributed by atoms with E-state index in [0.717, 1.165) is 18.4 Å². The van der Waals surface area contributed by atoms with Crippen molar-refractivity contribution in [2.45, 2.75) is 50.6 Å². The maximum absolute atomic E-state index is 12.8. The van der Waals surface area contributed by atoms with E-state index in [-0.39, 0.29) is 12.1 Å². The summed E-state index contributed by atoms with van der Waals surface area (Å²) in [5.74, 6) is 0.429. The van der Waals surface area contributed by atoms with E-state index in [1.54, 1.807) is 10.4 Å². The monoisotopic (exact) mass is 310 g/mol. The molecule has 0 aromatic heterocycles. The Bertz CT molecular complexity index is 582. The van der Waals surface area contributed by atoms with E-state index >= 15 is 0 Å². The first-order chi connectivity index (χ1) is 9.90. The highest BCUT2D eigenvalue weighted by Gasteiger charge is 2.36. The molecule has 1 aliphatic heterocycles. The second-order valence-electron chi connectivity index (χ2n) is 6.09. The minimum atomic E-state index is -3.39. The molecular formula is C16H26N2O2S. The Kier molecular flexibility index (Phi) is 5.07. The van der Waals surface area contributed by atoms with Crippen molar-refractivity contribution in [3.8, 4) is 0 Å². The van der Waals surface area contributed by atoms with Gasteiger partial charge in [0.2, 0.25) is 10.0 Å². The molecule has 1 saturated heterocycles. The van der Waals surface area contributed by atoms with Crippen molar-refractivity contribution in [2.75, 3.05) is 13.6 Å². The van der Waals surface area contributed by atoms with Gasteiger partial charge in [0, 0.05) is 18.6 Å². The van der Waals surface area contributed by atoms with Crippen molar-refractivity contribution in [2.24, 2.45) is 5.92 Å². The van der Waals surface area contributed by atoms with Gasteiger partial charge in [0.05, 0.1) is 4.90 Å². The van der Waals surface area contributed by atoms with E-state index in [4.69, 9.17) is 0 Å². The van der Waals surface area contributed by atoms with E-state index in [0.29, 0.717) is 17.4 Å². The normalized spacial score (nSPS) is 25.1. The van der Waals surface area contributed by atoms with Gasteiger partial charge < -0.3 is 5.32 Å². The number of rotatable bonds is 5. The van der Waals surface area contributed by atoms with E-state index in [1.165, 1.54) is 0 Å². The third-order valence-corrected chi connectivity index (χ3v) is 6.33. The molecule has 1 fully saturated rings. The van der Waals surface area contributed by atoms with Gasteiger partial charge in [0.15, 0.2) is 0 Å². The van der Waals surface area contributed by atoms with Crippen molar-refractivity contribution in [3.05, 3.63) is 29.8 Å². The number of nitrogens with one attached hydrogen (secondary N) is 1. The highest BCUT2D eigenvalue weighted by molar-refractivity contribution is 7.89. The lowest BCUT2D eigenvalue weighted by molar-refractivity contribution is 0.405. The van der Waals surface area contributed by atoms with Crippen molar-refractivity contribution >= 4 is 10.0 Å². The molecule has 0 radical (unpaired) electrons. The molecule has 0 bridgehead atoms. The predicted octanol–water partition coefficient (Wildman–Crippen LogP) is 2.78. The van der Waals surface area contributed by atoms with Gasteiger partial charge in [-0.25, -0.2) is 8.42 Å². The molecule has 1 N–H and O–H groups in total. The number of hydrogen-bond acceptors (Lipinski definition) is 3. The summed E-state index contributed by atoms with van der Waals surface area (Å²) >= 11 is 0. The van der Waals surface area contributed by atoms with Gasteiger partial charge in [-0.15, -0.1) is 0 Å². The van der Waals surface area contributed by atoms with Crippen molar-refractivity contribution in [1.29, 1.82) is 0 Å². The lowest BCUT2D eigenvalue weighted by Gasteiger charge is -2.22. The van der Waals surface area contributed by atoms with Crippen molar-refractivity contribution < 1.29 is 8.42 Å². The van der Waals surface area contributed by atoms with Gasteiger partial charge in [-0.3, -0.25) is 0 Å². The van der Waals surface area contributed by atoms with Crippen LogP contribution in [0.15, 0.2) is 29.2 Å². The molecule has 0 aliphatic carbocycles. The lowest BCUT2D eigenvalue weighted by atomic mass is 10.1. The second-order valence-corrected chi connectivity index (χ2v) is 7.98. The summed E-state index contributed by atoms with van der Waals surface area (Å²) in [5.41, 5.74) is 1.03. The molecule has 1 heterocycles. The summed E-state index contributed by atoms with van der Waals surface area (Å²) in [5, 5.41) is 3.22. The highest BCUT2D eigenvalue weighted by atomic mass is 32.2. The number of sulfonamides is 1. The Hall–Kier alpha value is -0.910. The fourth-order valence-corrected chi connectivity index (χ4v) is 5.05. The molecule has 1 aromatic rings. The molecule has 0 spiro atoms. The summed E-state index contributed by atoms with van der Waals surface area (Å²) in [7, 11) is -1.49. The van der Waals surface area contributed by atoms with Crippen molar-refractivity contribution in [3.63, 3.8) is 0 Å². The summed E-state index contributed by atoms with van der Waals surface area (Å²) in [6.45, 7) is 6.81. The summed E-state index contributed by atoms with van der Waals surface area (Å²) < 4.78 is 27.3. The highest BCUT2D eigenvalue weighted by Crippen LogP contribution is 2.30. The largest absolute Gasteiger partial charge is 0.313 e. The van der Waals surface area contributed by atoms with Crippen LogP contribution in [0.1, 0.15) is 45.2 Å². The summed E-state index contributed by atoms with van der Waals surface area (Å²) in [6, 6.07) is 7.62. The molecule has 1 aromatic carbocycles. The molecule has 1 aliphatic rings. The summed E-state index contributed by atoms with van der Waals surface area (Å²) in [4.78, 5) is 0.412. The third kappa shape index (κ3) is 3.30. The van der Waals surface area contributed by atoms with Crippen LogP contribution in [0.5, 0.6) is 0 Å². The molecule has 2 rings (SSSR count). The Morgan fingerprint density at radius 1 is 1.38 bits per heavy atom. The average molecular weight is 310 g/mol. The molecule has 3 atom stereocenters. The molecular weight excluding hydrogens is 284 g/mol. The van der Waals surface area contributed by atoms with Crippen LogP contribution in [0, 0.1) is 5.92 Å². The number of nitrogens with zero attached hydrogens (tertiary/aromatic N) is 1. The zero-order valence-electron chi connectivity index (χ0n) is 13.3. The number of benzene rings is 1. The minimum Gasteiger partial charge on any atom is -0.313 e. The van der Waals surface area contributed by atoms with Gasteiger partial charge in [0.25, 0.3) is 0 Å². The first kappa shape index (κ1) is 16.5. The molecule has 4 nitrogen and oxygen atoms in total. The molecule has 0 amide bonds. The van der Waals surface area contributed by atoms with E-state index in [2.05, 4.69) is 19.2 Å². The Labute approximate surface area is 128 Å². The third-order valence-electron chi connectivity index (χ3n) is 4.35. The molecule has 21 heavy (non-hydrogen) atoms. The Morgan fingerprint density at radius 2 is 2.10 bits per heavy atom. The fraction of sp³-hybridized carbons (Fsp3) is 0.625. The maximum atomic E-state index is 12.8. The lowest BCUT2D eigenvalue weighted by Crippen LogP contribution is -2.34. The molecule has 3 unspecified atom stereocenters. The standard InChI is InChI=1S/C16H26N2O2S/c1-5-16(17-4)14-7-6-8-15(10-14)21(19,20)18-11-12(2)9-13(18)3/h6-8,10,12-13,16-17H,5,9,11H2,1-4H3. The Balaban J connectivity index is 2.35. The molecule has 118 valence electrons. The van der Waals surface area contributed by atoms with Crippen LogP contribution in [-0.4, -0.2) is 32.4 Å². The van der Waals surface area contributed by atoms with Crippen LogP contribution >= 0.6 is 0 Å². The van der Waals surface area contributed by atoms with Crippen LogP contribution in [-0.2, 0) is 10.0 Å². The van der Waals surface area contributed by atoms with Gasteiger partial charge in [-0.1, -0.05) is 26.0 Å². The van der Waals surface area contributed by atoms with Crippen LogP contribution in [0.4, 0.5) is 0 Å². The van der Waals surface area contributed by atoms with Gasteiger partial charge in [-0.2, -0.15) is 4.31 Å². The summed E-state index contributed by atoms with van der Waals surface area (Å²) in [6.07, 6.45) is 1.87. The maximum Gasteiger partial charge on any atom is 0.243 e. The second kappa shape index (κ2) is 6.46. The van der Waals surface area contributed by atoms with Crippen molar-refractivity contribution in [1.82, 2.24) is 9.62 Å². The Morgan fingerprint density at radius 3 is 2.62 bits per heavy atom. The number of hydrogen-bond donors (Lipinski definition) is 1. The van der Waals surface area contributed by atoms with Gasteiger partial charge in [-0.05, 0) is 50.4 Å². The quantitative estimate of drug-likeness (QED) is 0.910. The van der Waals surface area contributed by atoms with E-state index in [9.17, 15) is 8.42 Å². The first-order valence-corrected chi connectivity index (χ1v) is 9.13. The zero-order chi connectivity index (χ0) is 15.6. The average Bonchev–Trinajstić information content (AvgIpc) is 2.80. The van der Waals surface area contributed by atoms with Crippen LogP contribution in [0.3, 0.4) is 0 Å².